The van der Waals surface area contributed by atoms with E-state index < -0.39 is 0 Å². The molecule has 2 nitrogen and oxygen atoms in total. The number of allylic oxidation sites excluding steroid dienone is 1. The average molecular weight is 200 g/mol. The van der Waals surface area contributed by atoms with Gasteiger partial charge in [0.2, 0.25) is 0 Å². The summed E-state index contributed by atoms with van der Waals surface area (Å²) in [6.45, 7) is 1.90. The molecular formula is C13H12O2. The van der Waals surface area contributed by atoms with Crippen molar-refractivity contribution in [3.05, 3.63) is 47.0 Å². The Labute approximate surface area is 88.6 Å². The summed E-state index contributed by atoms with van der Waals surface area (Å²) in [4.78, 5) is 11.5. The van der Waals surface area contributed by atoms with Crippen LogP contribution < -0.4 is 0 Å². The van der Waals surface area contributed by atoms with Gasteiger partial charge in [-0.05, 0) is 24.5 Å². The molecule has 0 amide bonds. The molecule has 0 bridgehead atoms. The Hall–Kier alpha value is -1.57. The van der Waals surface area contributed by atoms with Crippen LogP contribution in [0.1, 0.15) is 24.2 Å². The van der Waals surface area contributed by atoms with Crippen LogP contribution in [-0.2, 0) is 16.0 Å². The molecule has 2 heteroatoms. The minimum Gasteiger partial charge on any atom is -0.453 e. The lowest BCUT2D eigenvalue weighted by Crippen LogP contribution is -2.02. The van der Waals surface area contributed by atoms with Gasteiger partial charge in [0, 0.05) is 11.5 Å². The number of rotatable bonds is 0. The van der Waals surface area contributed by atoms with Crippen LogP contribution in [0.15, 0.2) is 35.9 Å². The van der Waals surface area contributed by atoms with Gasteiger partial charge in [-0.1, -0.05) is 30.3 Å². The number of esters is 1. The van der Waals surface area contributed by atoms with Crippen LogP contribution in [-0.4, -0.2) is 5.97 Å². The van der Waals surface area contributed by atoms with E-state index in [-0.39, 0.29) is 18.0 Å². The Kier molecular flexibility index (Phi) is 1.72. The molecule has 1 aromatic carbocycles. The first kappa shape index (κ1) is 8.72. The fraction of sp³-hybridized carbons (Fsp3) is 0.308. The topological polar surface area (TPSA) is 26.3 Å². The van der Waals surface area contributed by atoms with Crippen LogP contribution in [0.25, 0.3) is 0 Å². The normalized spacial score (nSPS) is 30.2. The predicted octanol–water partition coefficient (Wildman–Crippen LogP) is 2.40. The molecule has 2 aliphatic rings. The first-order valence-electron chi connectivity index (χ1n) is 5.26. The van der Waals surface area contributed by atoms with Gasteiger partial charge in [-0.2, -0.15) is 0 Å². The summed E-state index contributed by atoms with van der Waals surface area (Å²) in [7, 11) is 0. The van der Waals surface area contributed by atoms with Crippen molar-refractivity contribution in [2.45, 2.75) is 19.4 Å². The lowest BCUT2D eigenvalue weighted by molar-refractivity contribution is -0.139. The fourth-order valence-electron chi connectivity index (χ4n) is 2.64. The second-order valence-electron chi connectivity index (χ2n) is 4.08. The van der Waals surface area contributed by atoms with E-state index in [2.05, 4.69) is 12.1 Å². The molecule has 0 radical (unpaired) electrons. The summed E-state index contributed by atoms with van der Waals surface area (Å²) < 4.78 is 5.41. The summed E-state index contributed by atoms with van der Waals surface area (Å²) in [5.74, 6) is 0.113. The van der Waals surface area contributed by atoms with E-state index in [9.17, 15) is 4.79 Å². The molecule has 3 rings (SSSR count). The smallest absolute Gasteiger partial charge is 0.334 e. The molecule has 76 valence electrons. The van der Waals surface area contributed by atoms with Crippen molar-refractivity contribution >= 4 is 5.97 Å². The minimum absolute atomic E-state index is 0.0279. The van der Waals surface area contributed by atoms with Crippen LogP contribution in [0.4, 0.5) is 0 Å². The molecular weight excluding hydrogens is 188 g/mol. The molecule has 0 aromatic heterocycles. The van der Waals surface area contributed by atoms with E-state index in [1.54, 1.807) is 0 Å². The summed E-state index contributed by atoms with van der Waals surface area (Å²) in [6.07, 6.45) is 2.80. The van der Waals surface area contributed by atoms with Gasteiger partial charge in [-0.3, -0.25) is 0 Å². The first-order chi connectivity index (χ1) is 7.31. The van der Waals surface area contributed by atoms with Crippen molar-refractivity contribution in [3.8, 4) is 0 Å². The van der Waals surface area contributed by atoms with Gasteiger partial charge in [0.25, 0.3) is 0 Å². The summed E-state index contributed by atoms with van der Waals surface area (Å²) >= 11 is 0. The van der Waals surface area contributed by atoms with Crippen LogP contribution in [0.2, 0.25) is 0 Å². The maximum Gasteiger partial charge on any atom is 0.334 e. The monoisotopic (exact) mass is 200 g/mol. The highest BCUT2D eigenvalue weighted by Gasteiger charge is 2.45. The van der Waals surface area contributed by atoms with Gasteiger partial charge in [-0.25, -0.2) is 4.79 Å². The minimum atomic E-state index is -0.137. The maximum absolute atomic E-state index is 11.5. The molecule has 1 heterocycles. The molecule has 0 spiro atoms. The van der Waals surface area contributed by atoms with Crippen LogP contribution in [0.3, 0.4) is 0 Å². The number of benzene rings is 1. The summed E-state index contributed by atoms with van der Waals surface area (Å²) in [5, 5.41) is 0. The third kappa shape index (κ3) is 1.08. The SMILES string of the molecule is C/C=C1/C(=O)OC2c3ccccc3CC12. The highest BCUT2D eigenvalue weighted by atomic mass is 16.6. The molecule has 0 saturated carbocycles. The van der Waals surface area contributed by atoms with Gasteiger partial charge >= 0.3 is 5.97 Å². The third-order valence-corrected chi connectivity index (χ3v) is 3.35. The van der Waals surface area contributed by atoms with Crippen LogP contribution in [0.5, 0.6) is 0 Å². The van der Waals surface area contributed by atoms with Crippen LogP contribution >= 0.6 is 0 Å². The summed E-state index contributed by atoms with van der Waals surface area (Å²) in [6, 6.07) is 8.22. The molecule has 1 saturated heterocycles. The maximum atomic E-state index is 11.5. The molecule has 1 aromatic rings. The highest BCUT2D eigenvalue weighted by molar-refractivity contribution is 5.92. The van der Waals surface area contributed by atoms with Crippen molar-refractivity contribution in [3.63, 3.8) is 0 Å². The standard InChI is InChI=1S/C13H12O2/c1-2-9-11-7-8-5-3-4-6-10(8)12(11)15-13(9)14/h2-6,11-12H,7H2,1H3/b9-2+. The zero-order chi connectivity index (χ0) is 10.4. The largest absolute Gasteiger partial charge is 0.453 e. The molecule has 2 unspecified atom stereocenters. The predicted molar refractivity (Wildman–Crippen MR) is 56.2 cm³/mol. The van der Waals surface area contributed by atoms with E-state index in [1.807, 2.05) is 25.1 Å². The molecule has 15 heavy (non-hydrogen) atoms. The average Bonchev–Trinajstić information content (AvgIpc) is 2.72. The van der Waals surface area contributed by atoms with Crippen molar-refractivity contribution in [1.82, 2.24) is 0 Å². The lowest BCUT2D eigenvalue weighted by Gasteiger charge is -2.07. The molecule has 1 fully saturated rings. The molecule has 0 N–H and O–H groups in total. The number of carbonyl (C=O) groups excluding carboxylic acids is 1. The lowest BCUT2D eigenvalue weighted by atomic mass is 9.97. The Morgan fingerprint density at radius 3 is 3.00 bits per heavy atom. The Morgan fingerprint density at radius 1 is 1.40 bits per heavy atom. The van der Waals surface area contributed by atoms with Gasteiger partial charge in [-0.15, -0.1) is 0 Å². The fourth-order valence-corrected chi connectivity index (χ4v) is 2.64. The van der Waals surface area contributed by atoms with E-state index in [0.717, 1.165) is 12.0 Å². The molecule has 1 aliphatic heterocycles. The Balaban J connectivity index is 2.08. The van der Waals surface area contributed by atoms with Gasteiger partial charge < -0.3 is 4.74 Å². The van der Waals surface area contributed by atoms with Crippen LogP contribution in [0, 0.1) is 5.92 Å². The summed E-state index contributed by atoms with van der Waals surface area (Å²) in [5.41, 5.74) is 3.35. The quantitative estimate of drug-likeness (QED) is 0.475. The zero-order valence-corrected chi connectivity index (χ0v) is 8.57. The number of carbonyl (C=O) groups is 1. The second-order valence-corrected chi connectivity index (χ2v) is 4.08. The molecule has 1 aliphatic carbocycles. The zero-order valence-electron chi connectivity index (χ0n) is 8.57. The van der Waals surface area contributed by atoms with Crippen molar-refractivity contribution < 1.29 is 9.53 Å². The first-order valence-corrected chi connectivity index (χ1v) is 5.26. The number of hydrogen-bond acceptors (Lipinski definition) is 2. The second kappa shape index (κ2) is 2.96. The molecule has 2 atom stereocenters. The van der Waals surface area contributed by atoms with Gasteiger partial charge in [0.05, 0.1) is 0 Å². The number of hydrogen-bond donors (Lipinski definition) is 0. The van der Waals surface area contributed by atoms with E-state index in [0.29, 0.717) is 0 Å². The number of ether oxygens (including phenoxy) is 1. The van der Waals surface area contributed by atoms with Crippen molar-refractivity contribution in [2.24, 2.45) is 5.92 Å². The van der Waals surface area contributed by atoms with E-state index >= 15 is 0 Å². The number of fused-ring (bicyclic) bond motifs is 3. The third-order valence-electron chi connectivity index (χ3n) is 3.35. The Bertz CT molecular complexity index is 459. The Morgan fingerprint density at radius 2 is 2.20 bits per heavy atom. The van der Waals surface area contributed by atoms with E-state index in [1.165, 1.54) is 11.1 Å². The highest BCUT2D eigenvalue weighted by Crippen LogP contribution is 2.47. The van der Waals surface area contributed by atoms with Crippen molar-refractivity contribution in [1.29, 1.82) is 0 Å². The van der Waals surface area contributed by atoms with Crippen molar-refractivity contribution in [2.75, 3.05) is 0 Å². The van der Waals surface area contributed by atoms with E-state index in [4.69, 9.17) is 4.74 Å². The van der Waals surface area contributed by atoms with Gasteiger partial charge in [0.1, 0.15) is 6.10 Å². The van der Waals surface area contributed by atoms with Gasteiger partial charge in [0.15, 0.2) is 0 Å².